The Kier molecular flexibility index (Phi) is 3.39. The minimum atomic E-state index is 0.348. The van der Waals surface area contributed by atoms with Crippen molar-refractivity contribution in [3.63, 3.8) is 0 Å². The lowest BCUT2D eigenvalue weighted by atomic mass is 9.93. The van der Waals surface area contributed by atoms with E-state index in [9.17, 15) is 0 Å². The molecule has 2 atom stereocenters. The topological polar surface area (TPSA) is 42.5 Å². The molecule has 1 aromatic carbocycles. The molecular weight excluding hydrogens is 228 g/mol. The molecule has 1 saturated heterocycles. The van der Waals surface area contributed by atoms with E-state index in [1.807, 2.05) is 6.07 Å². The first-order chi connectivity index (χ1) is 8.86. The van der Waals surface area contributed by atoms with Crippen molar-refractivity contribution in [2.24, 2.45) is 5.92 Å². The predicted molar refractivity (Wildman–Crippen MR) is 70.1 cm³/mol. The lowest BCUT2D eigenvalue weighted by Crippen LogP contribution is -2.36. The van der Waals surface area contributed by atoms with Gasteiger partial charge in [0.15, 0.2) is 11.5 Å². The number of ether oxygens (including phenoxy) is 2. The molecular formula is C14H20N2O2. The second-order valence-electron chi connectivity index (χ2n) is 5.04. The van der Waals surface area contributed by atoms with Crippen LogP contribution in [0.5, 0.6) is 11.5 Å². The van der Waals surface area contributed by atoms with Crippen molar-refractivity contribution >= 4 is 0 Å². The van der Waals surface area contributed by atoms with Gasteiger partial charge in [-0.2, -0.15) is 0 Å². The van der Waals surface area contributed by atoms with Crippen LogP contribution in [0, 0.1) is 5.92 Å². The Labute approximate surface area is 108 Å². The second-order valence-corrected chi connectivity index (χ2v) is 5.04. The molecule has 0 aliphatic carbocycles. The number of likely N-dealkylation sites (N-methyl/N-ethyl adjacent to an activating group) is 1. The molecule has 3 rings (SSSR count). The van der Waals surface area contributed by atoms with Gasteiger partial charge in [0.1, 0.15) is 0 Å². The Hall–Kier alpha value is -1.26. The summed E-state index contributed by atoms with van der Waals surface area (Å²) in [5.74, 6) is 2.47. The van der Waals surface area contributed by atoms with E-state index in [2.05, 4.69) is 29.8 Å². The van der Waals surface area contributed by atoms with Crippen LogP contribution in [0.25, 0.3) is 0 Å². The highest BCUT2D eigenvalue weighted by atomic mass is 16.7. The Morgan fingerprint density at radius 1 is 1.39 bits per heavy atom. The summed E-state index contributed by atoms with van der Waals surface area (Å²) in [4.78, 5) is 0. The summed E-state index contributed by atoms with van der Waals surface area (Å²) in [7, 11) is 2.05. The van der Waals surface area contributed by atoms with Crippen LogP contribution in [0.4, 0.5) is 0 Å². The second kappa shape index (κ2) is 5.16. The van der Waals surface area contributed by atoms with E-state index in [-0.39, 0.29) is 0 Å². The van der Waals surface area contributed by atoms with Crippen LogP contribution in [0.3, 0.4) is 0 Å². The van der Waals surface area contributed by atoms with Crippen LogP contribution in [-0.2, 0) is 6.42 Å². The number of hydrogen-bond donors (Lipinski definition) is 2. The van der Waals surface area contributed by atoms with Gasteiger partial charge in [-0.1, -0.05) is 6.07 Å². The summed E-state index contributed by atoms with van der Waals surface area (Å²) in [6, 6.07) is 6.78. The molecule has 1 aromatic rings. The van der Waals surface area contributed by atoms with Gasteiger partial charge in [-0.05, 0) is 56.6 Å². The van der Waals surface area contributed by atoms with Gasteiger partial charge in [0, 0.05) is 6.04 Å². The molecule has 0 bridgehead atoms. The summed E-state index contributed by atoms with van der Waals surface area (Å²) in [6.07, 6.45) is 2.30. The standard InChI is InChI=1S/C14H20N2O2/c1-15-12(11-4-5-16-8-11)6-10-2-3-13-14(7-10)18-9-17-13/h2-3,7,11-12,15-16H,4-6,8-9H2,1H3. The van der Waals surface area contributed by atoms with Gasteiger partial charge < -0.3 is 20.1 Å². The van der Waals surface area contributed by atoms with Gasteiger partial charge >= 0.3 is 0 Å². The van der Waals surface area contributed by atoms with E-state index < -0.39 is 0 Å². The Bertz CT molecular complexity index is 416. The van der Waals surface area contributed by atoms with Crippen LogP contribution in [0.15, 0.2) is 18.2 Å². The molecule has 2 aliphatic rings. The Morgan fingerprint density at radius 2 is 2.28 bits per heavy atom. The first kappa shape index (κ1) is 11.8. The third kappa shape index (κ3) is 2.31. The number of nitrogens with one attached hydrogen (secondary N) is 2. The van der Waals surface area contributed by atoms with Crippen LogP contribution < -0.4 is 20.1 Å². The molecule has 0 aromatic heterocycles. The summed E-state index contributed by atoms with van der Waals surface area (Å²) in [6.45, 7) is 2.61. The molecule has 4 nitrogen and oxygen atoms in total. The summed E-state index contributed by atoms with van der Waals surface area (Å²) >= 11 is 0. The molecule has 0 radical (unpaired) electrons. The molecule has 18 heavy (non-hydrogen) atoms. The summed E-state index contributed by atoms with van der Waals surface area (Å²) in [5.41, 5.74) is 1.31. The van der Waals surface area contributed by atoms with Gasteiger partial charge in [0.25, 0.3) is 0 Å². The zero-order valence-electron chi connectivity index (χ0n) is 10.7. The minimum Gasteiger partial charge on any atom is -0.454 e. The van der Waals surface area contributed by atoms with E-state index >= 15 is 0 Å². The molecule has 2 N–H and O–H groups in total. The van der Waals surface area contributed by atoms with Crippen molar-refractivity contribution in [2.75, 3.05) is 26.9 Å². The number of benzene rings is 1. The largest absolute Gasteiger partial charge is 0.454 e. The van der Waals surface area contributed by atoms with Gasteiger partial charge in [-0.3, -0.25) is 0 Å². The molecule has 98 valence electrons. The molecule has 0 saturated carbocycles. The molecule has 2 unspecified atom stereocenters. The lowest BCUT2D eigenvalue weighted by molar-refractivity contribution is 0.174. The van der Waals surface area contributed by atoms with Crippen molar-refractivity contribution in [3.8, 4) is 11.5 Å². The maximum atomic E-state index is 5.42. The van der Waals surface area contributed by atoms with Crippen molar-refractivity contribution in [1.29, 1.82) is 0 Å². The maximum absolute atomic E-state index is 5.42. The van der Waals surface area contributed by atoms with Crippen LogP contribution in [0.1, 0.15) is 12.0 Å². The lowest BCUT2D eigenvalue weighted by Gasteiger charge is -2.22. The molecule has 1 fully saturated rings. The van der Waals surface area contributed by atoms with Gasteiger partial charge in [-0.15, -0.1) is 0 Å². The Morgan fingerprint density at radius 3 is 3.06 bits per heavy atom. The van der Waals surface area contributed by atoms with Crippen LogP contribution in [0.2, 0.25) is 0 Å². The zero-order chi connectivity index (χ0) is 12.4. The summed E-state index contributed by atoms with van der Waals surface area (Å²) < 4.78 is 10.8. The SMILES string of the molecule is CNC(Cc1ccc2c(c1)OCO2)C1CCNC1. The third-order valence-corrected chi connectivity index (χ3v) is 3.93. The molecule has 0 amide bonds. The first-order valence-electron chi connectivity index (χ1n) is 6.63. The highest BCUT2D eigenvalue weighted by Gasteiger charge is 2.24. The fourth-order valence-electron chi connectivity index (χ4n) is 2.85. The van der Waals surface area contributed by atoms with Crippen molar-refractivity contribution in [2.45, 2.75) is 18.9 Å². The monoisotopic (exact) mass is 248 g/mol. The van der Waals surface area contributed by atoms with Gasteiger partial charge in [-0.25, -0.2) is 0 Å². The van der Waals surface area contributed by atoms with E-state index in [1.54, 1.807) is 0 Å². The predicted octanol–water partition coefficient (Wildman–Crippen LogP) is 1.16. The Balaban J connectivity index is 1.70. The average molecular weight is 248 g/mol. The van der Waals surface area contributed by atoms with Crippen molar-refractivity contribution in [3.05, 3.63) is 23.8 Å². The number of rotatable bonds is 4. The van der Waals surface area contributed by atoms with Gasteiger partial charge in [0.05, 0.1) is 0 Å². The quantitative estimate of drug-likeness (QED) is 0.839. The van der Waals surface area contributed by atoms with E-state index in [1.165, 1.54) is 12.0 Å². The fourth-order valence-corrected chi connectivity index (χ4v) is 2.85. The smallest absolute Gasteiger partial charge is 0.231 e. The fraction of sp³-hybridized carbons (Fsp3) is 0.571. The van der Waals surface area contributed by atoms with Crippen LogP contribution >= 0.6 is 0 Å². The van der Waals surface area contributed by atoms with E-state index in [0.29, 0.717) is 12.8 Å². The highest BCUT2D eigenvalue weighted by Crippen LogP contribution is 2.33. The third-order valence-electron chi connectivity index (χ3n) is 3.93. The highest BCUT2D eigenvalue weighted by molar-refractivity contribution is 5.44. The number of fused-ring (bicyclic) bond motifs is 1. The average Bonchev–Trinajstić information content (AvgIpc) is 3.06. The maximum Gasteiger partial charge on any atom is 0.231 e. The van der Waals surface area contributed by atoms with E-state index in [0.717, 1.165) is 36.9 Å². The normalized spacial score (nSPS) is 23.3. The molecule has 2 heterocycles. The summed E-state index contributed by atoms with van der Waals surface area (Å²) in [5, 5.41) is 6.88. The zero-order valence-corrected chi connectivity index (χ0v) is 10.7. The molecule has 0 spiro atoms. The van der Waals surface area contributed by atoms with Gasteiger partial charge in [0.2, 0.25) is 6.79 Å². The molecule has 4 heteroatoms. The van der Waals surface area contributed by atoms with Crippen LogP contribution in [-0.4, -0.2) is 33.0 Å². The number of hydrogen-bond acceptors (Lipinski definition) is 4. The van der Waals surface area contributed by atoms with Crippen molar-refractivity contribution in [1.82, 2.24) is 10.6 Å². The first-order valence-corrected chi connectivity index (χ1v) is 6.63. The van der Waals surface area contributed by atoms with E-state index in [4.69, 9.17) is 9.47 Å². The molecule has 2 aliphatic heterocycles. The van der Waals surface area contributed by atoms with Crippen molar-refractivity contribution < 1.29 is 9.47 Å². The minimum absolute atomic E-state index is 0.348.